The maximum atomic E-state index is 5.95. The molecule has 0 aliphatic carbocycles. The van der Waals surface area contributed by atoms with Crippen molar-refractivity contribution in [1.82, 2.24) is 5.32 Å². The van der Waals surface area contributed by atoms with Crippen molar-refractivity contribution in [1.29, 1.82) is 0 Å². The van der Waals surface area contributed by atoms with E-state index in [0.717, 1.165) is 34.6 Å². The fraction of sp³-hybridized carbons (Fsp3) is 0.368. The molecule has 2 aromatic carbocycles. The van der Waals surface area contributed by atoms with Gasteiger partial charge < -0.3 is 14.8 Å². The van der Waals surface area contributed by atoms with Gasteiger partial charge >= 0.3 is 0 Å². The third-order valence-electron chi connectivity index (χ3n) is 3.55. The average Bonchev–Trinajstić information content (AvgIpc) is 2.58. The lowest BCUT2D eigenvalue weighted by Gasteiger charge is -2.15. The van der Waals surface area contributed by atoms with Crippen LogP contribution in [0.2, 0.25) is 0 Å². The molecule has 0 unspecified atom stereocenters. The van der Waals surface area contributed by atoms with Crippen molar-refractivity contribution in [2.75, 3.05) is 13.7 Å². The molecule has 0 amide bonds. The molecule has 0 atom stereocenters. The summed E-state index contributed by atoms with van der Waals surface area (Å²) in [4.78, 5) is 0. The molecular weight excluding hydrogens is 390 g/mol. The quantitative estimate of drug-likeness (QED) is 0.561. The zero-order chi connectivity index (χ0) is 16.5. The summed E-state index contributed by atoms with van der Waals surface area (Å²) in [6.07, 6.45) is 2.39. The molecule has 132 valence electrons. The van der Waals surface area contributed by atoms with Crippen LogP contribution >= 0.6 is 28.3 Å². The van der Waals surface area contributed by atoms with Gasteiger partial charge in [0, 0.05) is 6.54 Å². The molecule has 0 saturated carbocycles. The highest BCUT2D eigenvalue weighted by Gasteiger charge is 2.12. The molecule has 1 N–H and O–H groups in total. The van der Waals surface area contributed by atoms with E-state index >= 15 is 0 Å². The number of halogens is 2. The molecule has 0 radical (unpaired) electrons. The van der Waals surface area contributed by atoms with Gasteiger partial charge in [0.25, 0.3) is 0 Å². The number of hydrogen-bond acceptors (Lipinski definition) is 3. The Labute approximate surface area is 159 Å². The molecule has 0 saturated heterocycles. The summed E-state index contributed by atoms with van der Waals surface area (Å²) in [5.41, 5.74) is 2.31. The van der Waals surface area contributed by atoms with Crippen LogP contribution in [0.5, 0.6) is 11.5 Å². The number of rotatable bonds is 9. The van der Waals surface area contributed by atoms with Crippen molar-refractivity contribution in [3.05, 3.63) is 58.1 Å². The first kappa shape index (κ1) is 20.8. The van der Waals surface area contributed by atoms with Crippen molar-refractivity contribution >= 4 is 28.3 Å². The summed E-state index contributed by atoms with van der Waals surface area (Å²) in [6, 6.07) is 14.2. The first-order valence-corrected chi connectivity index (χ1v) is 8.77. The van der Waals surface area contributed by atoms with E-state index in [1.165, 1.54) is 18.4 Å². The second-order valence-corrected chi connectivity index (χ2v) is 6.27. The number of benzene rings is 2. The second-order valence-electron chi connectivity index (χ2n) is 5.41. The van der Waals surface area contributed by atoms with E-state index in [4.69, 9.17) is 9.47 Å². The van der Waals surface area contributed by atoms with Crippen LogP contribution in [0.25, 0.3) is 0 Å². The highest BCUT2D eigenvalue weighted by Crippen LogP contribution is 2.37. The molecule has 0 bridgehead atoms. The van der Waals surface area contributed by atoms with Gasteiger partial charge in [-0.05, 0) is 52.2 Å². The van der Waals surface area contributed by atoms with Gasteiger partial charge in [0.2, 0.25) is 0 Å². The number of ether oxygens (including phenoxy) is 2. The minimum atomic E-state index is 0. The van der Waals surface area contributed by atoms with E-state index in [1.54, 1.807) is 7.11 Å². The lowest BCUT2D eigenvalue weighted by atomic mass is 10.2. The van der Waals surface area contributed by atoms with E-state index in [1.807, 2.05) is 36.4 Å². The minimum absolute atomic E-state index is 0. The van der Waals surface area contributed by atoms with Gasteiger partial charge in [0.15, 0.2) is 11.5 Å². The van der Waals surface area contributed by atoms with E-state index in [2.05, 4.69) is 34.2 Å². The van der Waals surface area contributed by atoms with Crippen LogP contribution in [0.15, 0.2) is 46.9 Å². The van der Waals surface area contributed by atoms with Crippen LogP contribution < -0.4 is 14.8 Å². The normalized spacial score (nSPS) is 10.1. The van der Waals surface area contributed by atoms with Gasteiger partial charge in [-0.15, -0.1) is 12.4 Å². The lowest BCUT2D eigenvalue weighted by Crippen LogP contribution is -2.14. The molecule has 0 fully saturated rings. The first-order valence-electron chi connectivity index (χ1n) is 7.98. The molecule has 2 aromatic rings. The van der Waals surface area contributed by atoms with Crippen LogP contribution in [0.4, 0.5) is 0 Å². The topological polar surface area (TPSA) is 30.5 Å². The fourth-order valence-electron chi connectivity index (χ4n) is 2.28. The Balaban J connectivity index is 0.00000288. The van der Waals surface area contributed by atoms with Gasteiger partial charge in [-0.25, -0.2) is 0 Å². The molecule has 3 nitrogen and oxygen atoms in total. The Hall–Kier alpha value is -1.23. The molecule has 0 aromatic heterocycles. The molecule has 0 heterocycles. The third kappa shape index (κ3) is 6.34. The summed E-state index contributed by atoms with van der Waals surface area (Å²) in [5, 5.41) is 3.44. The Morgan fingerprint density at radius 1 is 1.08 bits per heavy atom. The second kappa shape index (κ2) is 11.3. The maximum Gasteiger partial charge on any atom is 0.175 e. The Morgan fingerprint density at radius 2 is 1.83 bits per heavy atom. The number of hydrogen-bond donors (Lipinski definition) is 1. The maximum absolute atomic E-state index is 5.95. The molecule has 24 heavy (non-hydrogen) atoms. The van der Waals surface area contributed by atoms with Crippen molar-refractivity contribution in [3.63, 3.8) is 0 Å². The van der Waals surface area contributed by atoms with Crippen LogP contribution in [-0.4, -0.2) is 13.7 Å². The van der Waals surface area contributed by atoms with Gasteiger partial charge in [-0.3, -0.25) is 0 Å². The highest BCUT2D eigenvalue weighted by atomic mass is 79.9. The summed E-state index contributed by atoms with van der Waals surface area (Å²) in [7, 11) is 1.67. The predicted octanol–water partition coefficient (Wildman–Crippen LogP) is 5.35. The SMILES string of the molecule is CCCCNCc1cc(Br)c(OCc2ccccc2)c(OC)c1.Cl. The molecular formula is C19H25BrClNO2. The zero-order valence-electron chi connectivity index (χ0n) is 14.2. The average molecular weight is 415 g/mol. The van der Waals surface area contributed by atoms with Gasteiger partial charge in [0.1, 0.15) is 6.61 Å². The minimum Gasteiger partial charge on any atom is -0.493 e. The first-order chi connectivity index (χ1) is 11.2. The summed E-state index contributed by atoms with van der Waals surface area (Å²) < 4.78 is 12.4. The largest absolute Gasteiger partial charge is 0.493 e. The van der Waals surface area contributed by atoms with Gasteiger partial charge in [-0.2, -0.15) is 0 Å². The van der Waals surface area contributed by atoms with Crippen LogP contribution in [0.3, 0.4) is 0 Å². The molecule has 5 heteroatoms. The van der Waals surface area contributed by atoms with Gasteiger partial charge in [-0.1, -0.05) is 43.7 Å². The number of methoxy groups -OCH3 is 1. The van der Waals surface area contributed by atoms with Crippen molar-refractivity contribution in [2.24, 2.45) is 0 Å². The standard InChI is InChI=1S/C19H24BrNO2.ClH/c1-3-4-10-21-13-16-11-17(20)19(18(12-16)22-2)23-14-15-8-6-5-7-9-15;/h5-9,11-12,21H,3-4,10,13-14H2,1-2H3;1H. The van der Waals surface area contributed by atoms with Gasteiger partial charge in [0.05, 0.1) is 11.6 Å². The fourth-order valence-corrected chi connectivity index (χ4v) is 2.88. The Morgan fingerprint density at radius 3 is 2.50 bits per heavy atom. The number of unbranched alkanes of at least 4 members (excludes halogenated alkanes) is 1. The van der Waals surface area contributed by atoms with E-state index < -0.39 is 0 Å². The van der Waals surface area contributed by atoms with Crippen molar-refractivity contribution in [2.45, 2.75) is 32.9 Å². The lowest BCUT2D eigenvalue weighted by molar-refractivity contribution is 0.282. The van der Waals surface area contributed by atoms with E-state index in [9.17, 15) is 0 Å². The van der Waals surface area contributed by atoms with Crippen LogP contribution in [-0.2, 0) is 13.2 Å². The summed E-state index contributed by atoms with van der Waals surface area (Å²) in [5.74, 6) is 1.50. The molecule has 0 spiro atoms. The molecule has 0 aliphatic heterocycles. The number of nitrogens with one attached hydrogen (secondary N) is 1. The Bertz CT molecular complexity index is 608. The predicted molar refractivity (Wildman–Crippen MR) is 105 cm³/mol. The molecule has 0 aliphatic rings. The monoisotopic (exact) mass is 413 g/mol. The molecule has 2 rings (SSSR count). The van der Waals surface area contributed by atoms with E-state index in [0.29, 0.717) is 6.61 Å². The van der Waals surface area contributed by atoms with Crippen LogP contribution in [0.1, 0.15) is 30.9 Å². The smallest absolute Gasteiger partial charge is 0.175 e. The summed E-state index contributed by atoms with van der Waals surface area (Å²) >= 11 is 3.60. The zero-order valence-corrected chi connectivity index (χ0v) is 16.6. The summed E-state index contributed by atoms with van der Waals surface area (Å²) in [6.45, 7) is 4.57. The Kier molecular flexibility index (Phi) is 9.84. The van der Waals surface area contributed by atoms with Crippen molar-refractivity contribution < 1.29 is 9.47 Å². The van der Waals surface area contributed by atoms with E-state index in [-0.39, 0.29) is 12.4 Å². The highest BCUT2D eigenvalue weighted by molar-refractivity contribution is 9.10. The van der Waals surface area contributed by atoms with Crippen LogP contribution in [0, 0.1) is 0 Å². The van der Waals surface area contributed by atoms with Crippen molar-refractivity contribution in [3.8, 4) is 11.5 Å². The third-order valence-corrected chi connectivity index (χ3v) is 4.14.